The van der Waals surface area contributed by atoms with E-state index in [0.29, 0.717) is 11.3 Å². The zero-order chi connectivity index (χ0) is 44.1. The van der Waals surface area contributed by atoms with Gasteiger partial charge in [-0.05, 0) is 64.5 Å². The maximum Gasteiger partial charge on any atom is 0.143 e. The van der Waals surface area contributed by atoms with Gasteiger partial charge in [0.1, 0.15) is 22.3 Å². The zero-order valence-corrected chi connectivity index (χ0v) is 29.1. The van der Waals surface area contributed by atoms with Crippen LogP contribution in [0.5, 0.6) is 0 Å². The molecular formula is C52H33NO2. The summed E-state index contributed by atoms with van der Waals surface area (Å²) in [6, 6.07) is 43.8. The second-order valence-corrected chi connectivity index (χ2v) is 13.4. The number of anilines is 3. The SMILES string of the molecule is [2H]c1c([2H])c([2H])c2c(oc3c4c([2H])c([2H])c([2H])c([2H])c4c([2H])c([2H])c32)c1-c1ccccc1N(c1ccc(-c2ccccc2)cc1)c1ccc(-c2cccc3c2oc2ccccc23)cc1. The van der Waals surface area contributed by atoms with Gasteiger partial charge in [0.15, 0.2) is 0 Å². The lowest BCUT2D eigenvalue weighted by molar-refractivity contribution is 0.670. The number of rotatable bonds is 6. The number of fused-ring (bicyclic) bond motifs is 8. The van der Waals surface area contributed by atoms with Gasteiger partial charge in [0, 0.05) is 55.0 Å². The molecule has 55 heavy (non-hydrogen) atoms. The molecule has 9 aromatic carbocycles. The molecule has 0 unspecified atom stereocenters. The van der Waals surface area contributed by atoms with Crippen LogP contribution >= 0.6 is 0 Å². The largest absolute Gasteiger partial charge is 0.455 e. The number of benzene rings is 9. The molecule has 3 heteroatoms. The van der Waals surface area contributed by atoms with Crippen LogP contribution in [0.15, 0.2) is 209 Å². The highest BCUT2D eigenvalue weighted by Crippen LogP contribution is 2.46. The fraction of sp³-hybridized carbons (Fsp3) is 0. The third kappa shape index (κ3) is 5.13. The normalized spacial score (nSPS) is 13.9. The minimum Gasteiger partial charge on any atom is -0.455 e. The molecule has 0 fully saturated rings. The summed E-state index contributed by atoms with van der Waals surface area (Å²) in [5.41, 5.74) is 8.20. The third-order valence-electron chi connectivity index (χ3n) is 10.2. The average Bonchev–Trinajstić information content (AvgIpc) is 3.92. The van der Waals surface area contributed by atoms with Crippen LogP contribution in [0.1, 0.15) is 12.3 Å². The van der Waals surface area contributed by atoms with Crippen molar-refractivity contribution in [2.24, 2.45) is 0 Å². The lowest BCUT2D eigenvalue weighted by Gasteiger charge is -2.28. The Morgan fingerprint density at radius 2 is 1.00 bits per heavy atom. The van der Waals surface area contributed by atoms with Crippen LogP contribution in [0.4, 0.5) is 17.1 Å². The topological polar surface area (TPSA) is 29.5 Å². The predicted octanol–water partition coefficient (Wildman–Crippen LogP) is 15.1. The predicted molar refractivity (Wildman–Crippen MR) is 229 cm³/mol. The van der Waals surface area contributed by atoms with Crippen molar-refractivity contribution in [3.63, 3.8) is 0 Å². The molecule has 0 amide bonds. The summed E-state index contributed by atoms with van der Waals surface area (Å²) >= 11 is 0. The Balaban J connectivity index is 1.15. The molecule has 0 N–H and O–H groups in total. The molecule has 11 rings (SSSR count). The summed E-state index contributed by atoms with van der Waals surface area (Å²) in [7, 11) is 0. The molecule has 11 aromatic rings. The van der Waals surface area contributed by atoms with Gasteiger partial charge in [-0.3, -0.25) is 0 Å². The first-order valence-electron chi connectivity index (χ1n) is 22.4. The van der Waals surface area contributed by atoms with Crippen molar-refractivity contribution in [3.05, 3.63) is 200 Å². The molecule has 0 bridgehead atoms. The van der Waals surface area contributed by atoms with Crippen LogP contribution in [0.25, 0.3) is 88.0 Å². The standard InChI is InChI=1S/C52H33NO2/c1-2-12-34(13-3-1)35-24-29-38(30-25-35)53(39-31-26-37(27-32-39)41-18-10-20-45-43-17-7-9-23-49(43)54-50(41)45)48-22-8-6-16-42(48)44-19-11-21-46-47-33-28-36-14-4-5-15-40(36)51(47)55-52(44)46/h1-33H/i4D,5D,11D,14D,15D,19D,21D,28D,33D. The molecule has 0 aliphatic carbocycles. The average molecular weight is 713 g/mol. The van der Waals surface area contributed by atoms with Gasteiger partial charge in [-0.2, -0.15) is 0 Å². The molecule has 0 saturated carbocycles. The van der Waals surface area contributed by atoms with Gasteiger partial charge >= 0.3 is 0 Å². The molecule has 0 saturated heterocycles. The minimum atomic E-state index is -0.546. The molecular weight excluding hydrogens is 671 g/mol. The van der Waals surface area contributed by atoms with E-state index in [9.17, 15) is 1.37 Å². The van der Waals surface area contributed by atoms with Crippen LogP contribution < -0.4 is 4.90 Å². The zero-order valence-electron chi connectivity index (χ0n) is 38.1. The van der Waals surface area contributed by atoms with Crippen molar-refractivity contribution < 1.29 is 21.2 Å². The first kappa shape index (κ1) is 23.3. The molecule has 0 aliphatic rings. The molecule has 2 heterocycles. The van der Waals surface area contributed by atoms with Crippen LogP contribution in [-0.2, 0) is 0 Å². The number of furan rings is 2. The fourth-order valence-electron chi connectivity index (χ4n) is 7.63. The van der Waals surface area contributed by atoms with E-state index in [1.54, 1.807) is 0 Å². The Bertz CT molecular complexity index is 3710. The summed E-state index contributed by atoms with van der Waals surface area (Å²) in [4.78, 5) is 2.05. The van der Waals surface area contributed by atoms with E-state index in [0.717, 1.165) is 55.6 Å². The van der Waals surface area contributed by atoms with Crippen molar-refractivity contribution in [2.75, 3.05) is 4.90 Å². The Labute approximate surface area is 330 Å². The van der Waals surface area contributed by atoms with E-state index in [2.05, 4.69) is 12.1 Å². The maximum absolute atomic E-state index is 9.43. The van der Waals surface area contributed by atoms with Crippen molar-refractivity contribution >= 4 is 71.7 Å². The monoisotopic (exact) mass is 712 g/mol. The smallest absolute Gasteiger partial charge is 0.143 e. The molecule has 0 atom stereocenters. The number of hydrogen-bond acceptors (Lipinski definition) is 3. The Morgan fingerprint density at radius 1 is 0.364 bits per heavy atom. The number of para-hydroxylation sites is 4. The number of hydrogen-bond donors (Lipinski definition) is 0. The van der Waals surface area contributed by atoms with Crippen LogP contribution in [0, 0.1) is 0 Å². The van der Waals surface area contributed by atoms with Gasteiger partial charge in [0.2, 0.25) is 0 Å². The lowest BCUT2D eigenvalue weighted by Crippen LogP contribution is -2.11. The highest BCUT2D eigenvalue weighted by molar-refractivity contribution is 6.17. The van der Waals surface area contributed by atoms with E-state index >= 15 is 0 Å². The van der Waals surface area contributed by atoms with Crippen molar-refractivity contribution in [1.82, 2.24) is 0 Å². The van der Waals surface area contributed by atoms with Gasteiger partial charge in [-0.15, -0.1) is 0 Å². The van der Waals surface area contributed by atoms with Crippen molar-refractivity contribution in [3.8, 4) is 33.4 Å². The first-order chi connectivity index (χ1) is 31.0. The minimum absolute atomic E-state index is 0.00471. The highest BCUT2D eigenvalue weighted by atomic mass is 16.3. The molecule has 0 aliphatic heterocycles. The van der Waals surface area contributed by atoms with E-state index in [-0.39, 0.29) is 44.3 Å². The van der Waals surface area contributed by atoms with Crippen LogP contribution in [0.3, 0.4) is 0 Å². The summed E-state index contributed by atoms with van der Waals surface area (Å²) in [6.07, 6.45) is 0. The van der Waals surface area contributed by atoms with E-state index in [1.165, 1.54) is 0 Å². The van der Waals surface area contributed by atoms with Gasteiger partial charge < -0.3 is 13.7 Å². The second-order valence-electron chi connectivity index (χ2n) is 13.4. The van der Waals surface area contributed by atoms with Gasteiger partial charge in [0.25, 0.3) is 0 Å². The number of nitrogens with zero attached hydrogens (tertiary/aromatic N) is 1. The fourth-order valence-corrected chi connectivity index (χ4v) is 7.63. The third-order valence-corrected chi connectivity index (χ3v) is 10.2. The summed E-state index contributed by atoms with van der Waals surface area (Å²) in [5.74, 6) is 0. The first-order valence-corrected chi connectivity index (χ1v) is 17.9. The van der Waals surface area contributed by atoms with E-state index in [1.807, 2.05) is 138 Å². The molecule has 3 nitrogen and oxygen atoms in total. The second kappa shape index (κ2) is 12.6. The molecule has 2 aromatic heterocycles. The Morgan fingerprint density at radius 3 is 1.85 bits per heavy atom. The quantitative estimate of drug-likeness (QED) is 0.172. The molecule has 0 radical (unpaired) electrons. The summed E-state index contributed by atoms with van der Waals surface area (Å²) < 4.78 is 92.9. The lowest BCUT2D eigenvalue weighted by atomic mass is 9.98. The van der Waals surface area contributed by atoms with E-state index < -0.39 is 48.3 Å². The molecule has 258 valence electrons. The van der Waals surface area contributed by atoms with Gasteiger partial charge in [-0.1, -0.05) is 158 Å². The van der Waals surface area contributed by atoms with Gasteiger partial charge in [-0.25, -0.2) is 0 Å². The van der Waals surface area contributed by atoms with E-state index in [4.69, 9.17) is 19.8 Å². The summed E-state index contributed by atoms with van der Waals surface area (Å²) in [6.45, 7) is 0. The van der Waals surface area contributed by atoms with Gasteiger partial charge in [0.05, 0.1) is 18.0 Å². The van der Waals surface area contributed by atoms with Crippen molar-refractivity contribution in [2.45, 2.75) is 0 Å². The van der Waals surface area contributed by atoms with Crippen molar-refractivity contribution in [1.29, 1.82) is 0 Å². The Hall–Kier alpha value is -7.36. The van der Waals surface area contributed by atoms with Crippen LogP contribution in [-0.4, -0.2) is 0 Å². The highest BCUT2D eigenvalue weighted by Gasteiger charge is 2.21. The Kier molecular flexibility index (Phi) is 5.37. The maximum atomic E-state index is 9.43. The summed E-state index contributed by atoms with van der Waals surface area (Å²) in [5, 5.41) is 1.75. The van der Waals surface area contributed by atoms with Crippen LogP contribution in [0.2, 0.25) is 0 Å². The molecule has 0 spiro atoms.